The summed E-state index contributed by atoms with van der Waals surface area (Å²) >= 11 is 0. The minimum Gasteiger partial charge on any atom is -0.397 e. The van der Waals surface area contributed by atoms with Crippen molar-refractivity contribution in [2.75, 3.05) is 11.1 Å². The first kappa shape index (κ1) is 13.0. The maximum Gasteiger partial charge on any atom is 0.255 e. The first-order valence-corrected chi connectivity index (χ1v) is 5.60. The number of halogens is 2. The van der Waals surface area contributed by atoms with E-state index in [1.54, 1.807) is 6.92 Å². The molecule has 5 heteroatoms. The summed E-state index contributed by atoms with van der Waals surface area (Å²) in [5, 5.41) is 2.55. The van der Waals surface area contributed by atoms with Crippen molar-refractivity contribution >= 4 is 17.3 Å². The molecule has 3 nitrogen and oxygen atoms in total. The number of nitrogens with two attached hydrogens (primary N) is 1. The van der Waals surface area contributed by atoms with Crippen molar-refractivity contribution in [3.8, 4) is 0 Å². The summed E-state index contributed by atoms with van der Waals surface area (Å²) < 4.78 is 26.0. The van der Waals surface area contributed by atoms with E-state index in [9.17, 15) is 13.6 Å². The van der Waals surface area contributed by atoms with Gasteiger partial charge in [0, 0.05) is 5.56 Å². The second kappa shape index (κ2) is 5.06. The summed E-state index contributed by atoms with van der Waals surface area (Å²) in [6.45, 7) is 1.57. The van der Waals surface area contributed by atoms with E-state index in [2.05, 4.69) is 5.32 Å². The quantitative estimate of drug-likeness (QED) is 0.817. The highest BCUT2D eigenvalue weighted by Gasteiger charge is 2.10. The first-order chi connectivity index (χ1) is 8.97. The van der Waals surface area contributed by atoms with Gasteiger partial charge in [-0.1, -0.05) is 0 Å². The van der Waals surface area contributed by atoms with Crippen LogP contribution in [0.15, 0.2) is 36.4 Å². The molecule has 0 heterocycles. The molecule has 2 rings (SSSR count). The van der Waals surface area contributed by atoms with Crippen LogP contribution in [0.4, 0.5) is 20.2 Å². The van der Waals surface area contributed by atoms with Crippen molar-refractivity contribution in [1.29, 1.82) is 0 Å². The lowest BCUT2D eigenvalue weighted by Gasteiger charge is -2.08. The van der Waals surface area contributed by atoms with Crippen molar-refractivity contribution in [2.24, 2.45) is 0 Å². The average Bonchev–Trinajstić information content (AvgIpc) is 2.36. The van der Waals surface area contributed by atoms with Crippen molar-refractivity contribution in [3.63, 3.8) is 0 Å². The van der Waals surface area contributed by atoms with Crippen molar-refractivity contribution < 1.29 is 13.6 Å². The molecule has 2 aromatic rings. The van der Waals surface area contributed by atoms with Gasteiger partial charge in [0.05, 0.1) is 11.4 Å². The number of benzene rings is 2. The zero-order valence-corrected chi connectivity index (χ0v) is 10.2. The molecule has 0 aliphatic rings. The third kappa shape index (κ3) is 2.88. The smallest absolute Gasteiger partial charge is 0.255 e. The highest BCUT2D eigenvalue weighted by Crippen LogP contribution is 2.20. The number of carbonyl (C=O) groups is 1. The number of carbonyl (C=O) groups excluding carboxylic acids is 1. The van der Waals surface area contributed by atoms with Gasteiger partial charge in [-0.2, -0.15) is 0 Å². The third-order valence-corrected chi connectivity index (χ3v) is 2.68. The van der Waals surface area contributed by atoms with Gasteiger partial charge in [-0.25, -0.2) is 8.78 Å². The van der Waals surface area contributed by atoms with Crippen LogP contribution in [0, 0.1) is 18.6 Å². The molecule has 0 saturated heterocycles. The third-order valence-electron chi connectivity index (χ3n) is 2.68. The van der Waals surface area contributed by atoms with Crippen LogP contribution >= 0.6 is 0 Å². The van der Waals surface area contributed by atoms with Gasteiger partial charge in [-0.3, -0.25) is 4.79 Å². The SMILES string of the molecule is Cc1cc(C(=O)Nc2ccc(F)cc2N)ccc1F. The number of anilines is 2. The Morgan fingerprint density at radius 1 is 1.16 bits per heavy atom. The van der Waals surface area contributed by atoms with Gasteiger partial charge in [-0.15, -0.1) is 0 Å². The minimum atomic E-state index is -0.479. The molecule has 0 fully saturated rings. The van der Waals surface area contributed by atoms with E-state index in [-0.39, 0.29) is 11.5 Å². The zero-order chi connectivity index (χ0) is 14.0. The van der Waals surface area contributed by atoms with Crippen LogP contribution in [0.1, 0.15) is 15.9 Å². The lowest BCUT2D eigenvalue weighted by Crippen LogP contribution is -2.13. The maximum absolute atomic E-state index is 13.1. The van der Waals surface area contributed by atoms with Gasteiger partial charge in [0.15, 0.2) is 0 Å². The van der Waals surface area contributed by atoms with E-state index in [4.69, 9.17) is 5.73 Å². The van der Waals surface area contributed by atoms with E-state index in [0.29, 0.717) is 16.8 Å². The molecular formula is C14H12F2N2O. The molecule has 0 aliphatic heterocycles. The zero-order valence-electron chi connectivity index (χ0n) is 10.2. The second-order valence-electron chi connectivity index (χ2n) is 4.15. The van der Waals surface area contributed by atoms with Gasteiger partial charge in [0.25, 0.3) is 5.91 Å². The predicted molar refractivity (Wildman–Crippen MR) is 69.9 cm³/mol. The summed E-state index contributed by atoms with van der Waals surface area (Å²) in [7, 11) is 0. The van der Waals surface area contributed by atoms with E-state index in [0.717, 1.165) is 6.07 Å². The summed E-state index contributed by atoms with van der Waals surface area (Å²) in [5.74, 6) is -1.28. The highest BCUT2D eigenvalue weighted by atomic mass is 19.1. The Hall–Kier alpha value is -2.43. The number of nitrogen functional groups attached to an aromatic ring is 1. The molecule has 0 bridgehead atoms. The van der Waals surface area contributed by atoms with Crippen LogP contribution in [0.2, 0.25) is 0 Å². The van der Waals surface area contributed by atoms with E-state index in [1.807, 2.05) is 0 Å². The van der Waals surface area contributed by atoms with E-state index < -0.39 is 11.7 Å². The number of hydrogen-bond donors (Lipinski definition) is 2. The van der Waals surface area contributed by atoms with E-state index in [1.165, 1.54) is 30.3 Å². The van der Waals surface area contributed by atoms with Crippen LogP contribution in [0.3, 0.4) is 0 Å². The first-order valence-electron chi connectivity index (χ1n) is 5.60. The fourth-order valence-electron chi connectivity index (χ4n) is 1.63. The predicted octanol–water partition coefficient (Wildman–Crippen LogP) is 3.11. The van der Waals surface area contributed by atoms with Gasteiger partial charge in [-0.05, 0) is 48.9 Å². The normalized spacial score (nSPS) is 10.3. The number of amides is 1. The van der Waals surface area contributed by atoms with Crippen molar-refractivity contribution in [3.05, 3.63) is 59.2 Å². The molecule has 2 aromatic carbocycles. The average molecular weight is 262 g/mol. The minimum absolute atomic E-state index is 0.132. The van der Waals surface area contributed by atoms with Gasteiger partial charge < -0.3 is 11.1 Å². The lowest BCUT2D eigenvalue weighted by molar-refractivity contribution is 0.102. The monoisotopic (exact) mass is 262 g/mol. The van der Waals surface area contributed by atoms with Crippen LogP contribution in [-0.2, 0) is 0 Å². The summed E-state index contributed by atoms with van der Waals surface area (Å²) in [6.07, 6.45) is 0. The fourth-order valence-corrected chi connectivity index (χ4v) is 1.63. The Kier molecular flexibility index (Phi) is 3.46. The van der Waals surface area contributed by atoms with Gasteiger partial charge in [0.1, 0.15) is 11.6 Å². The lowest BCUT2D eigenvalue weighted by atomic mass is 10.1. The topological polar surface area (TPSA) is 55.1 Å². The van der Waals surface area contributed by atoms with Crippen LogP contribution in [0.25, 0.3) is 0 Å². The highest BCUT2D eigenvalue weighted by molar-refractivity contribution is 6.05. The second-order valence-corrected chi connectivity index (χ2v) is 4.15. The molecule has 98 valence electrons. The molecule has 0 spiro atoms. The van der Waals surface area contributed by atoms with E-state index >= 15 is 0 Å². The summed E-state index contributed by atoms with van der Waals surface area (Å²) in [6, 6.07) is 7.71. The molecule has 0 aliphatic carbocycles. The Morgan fingerprint density at radius 2 is 1.89 bits per heavy atom. The Balaban J connectivity index is 2.23. The number of hydrogen-bond acceptors (Lipinski definition) is 2. The summed E-state index contributed by atoms with van der Waals surface area (Å²) in [4.78, 5) is 11.9. The number of aryl methyl sites for hydroxylation is 1. The van der Waals surface area contributed by atoms with Crippen molar-refractivity contribution in [2.45, 2.75) is 6.92 Å². The Morgan fingerprint density at radius 3 is 2.53 bits per heavy atom. The molecule has 0 aromatic heterocycles. The fraction of sp³-hybridized carbons (Fsp3) is 0.0714. The number of rotatable bonds is 2. The van der Waals surface area contributed by atoms with Gasteiger partial charge >= 0.3 is 0 Å². The van der Waals surface area contributed by atoms with Crippen LogP contribution < -0.4 is 11.1 Å². The van der Waals surface area contributed by atoms with Gasteiger partial charge in [0.2, 0.25) is 0 Å². The maximum atomic E-state index is 13.1. The standard InChI is InChI=1S/C14H12F2N2O/c1-8-6-9(2-4-11(8)16)14(19)18-13-5-3-10(15)7-12(13)17/h2-7H,17H2,1H3,(H,18,19). The number of nitrogens with one attached hydrogen (secondary N) is 1. The molecule has 0 atom stereocenters. The molecule has 1 amide bonds. The molecule has 0 saturated carbocycles. The molecule has 0 radical (unpaired) electrons. The molecule has 19 heavy (non-hydrogen) atoms. The van der Waals surface area contributed by atoms with Crippen LogP contribution in [0.5, 0.6) is 0 Å². The molecule has 3 N–H and O–H groups in total. The van der Waals surface area contributed by atoms with Crippen molar-refractivity contribution in [1.82, 2.24) is 0 Å². The molecular weight excluding hydrogens is 250 g/mol. The largest absolute Gasteiger partial charge is 0.397 e. The Labute approximate surface area is 109 Å². The summed E-state index contributed by atoms with van der Waals surface area (Å²) in [5.41, 5.74) is 6.71. The Bertz CT molecular complexity index is 641. The van der Waals surface area contributed by atoms with Crippen LogP contribution in [-0.4, -0.2) is 5.91 Å². The molecule has 0 unspecified atom stereocenters.